The minimum atomic E-state index is -1.06. The molecule has 2 aromatic rings. The molecule has 0 aliphatic rings. The summed E-state index contributed by atoms with van der Waals surface area (Å²) in [4.78, 5) is 11.6. The highest BCUT2D eigenvalue weighted by Gasteiger charge is 2.38. The van der Waals surface area contributed by atoms with Crippen molar-refractivity contribution in [2.75, 3.05) is 6.79 Å². The Morgan fingerprint density at radius 3 is 2.17 bits per heavy atom. The molecule has 2 aromatic carbocycles. The minimum absolute atomic E-state index is 0.0329. The highest BCUT2D eigenvalue weighted by atomic mass is 16.7. The van der Waals surface area contributed by atoms with Gasteiger partial charge in [0.25, 0.3) is 0 Å². The molecule has 0 spiro atoms. The lowest BCUT2D eigenvalue weighted by Crippen LogP contribution is -2.33. The van der Waals surface area contributed by atoms with E-state index in [1.54, 1.807) is 13.8 Å². The average Bonchev–Trinajstić information content (AvgIpc) is 2.56. The molecular weight excluding hydrogens is 292 g/mol. The molecule has 0 aliphatic heterocycles. The maximum absolute atomic E-state index is 11.6. The summed E-state index contributed by atoms with van der Waals surface area (Å²) < 4.78 is 11.3. The van der Waals surface area contributed by atoms with Crippen molar-refractivity contribution in [1.29, 1.82) is 0 Å². The summed E-state index contributed by atoms with van der Waals surface area (Å²) >= 11 is 0. The van der Waals surface area contributed by atoms with Crippen molar-refractivity contribution in [2.24, 2.45) is 5.41 Å². The Labute approximate surface area is 136 Å². The van der Waals surface area contributed by atoms with Gasteiger partial charge in [-0.05, 0) is 25.0 Å². The van der Waals surface area contributed by atoms with Gasteiger partial charge < -0.3 is 14.6 Å². The third kappa shape index (κ3) is 4.65. The molecule has 0 fully saturated rings. The van der Waals surface area contributed by atoms with Crippen molar-refractivity contribution in [2.45, 2.75) is 26.6 Å². The number of carboxylic acid groups (broad SMARTS) is 1. The highest BCUT2D eigenvalue weighted by Crippen LogP contribution is 2.36. The first-order valence-electron chi connectivity index (χ1n) is 7.53. The molecule has 0 aromatic heterocycles. The predicted octanol–water partition coefficient (Wildman–Crippen LogP) is 4.03. The molecule has 4 nitrogen and oxygen atoms in total. The lowest BCUT2D eigenvalue weighted by molar-refractivity contribution is -0.169. The van der Waals surface area contributed by atoms with E-state index in [2.05, 4.69) is 0 Å². The first kappa shape index (κ1) is 17.2. The summed E-state index contributed by atoms with van der Waals surface area (Å²) in [6, 6.07) is 19.1. The second-order valence-electron chi connectivity index (χ2n) is 5.94. The van der Waals surface area contributed by atoms with E-state index >= 15 is 0 Å². The van der Waals surface area contributed by atoms with Crippen molar-refractivity contribution < 1.29 is 19.4 Å². The largest absolute Gasteiger partial charge is 0.481 e. The molecule has 0 bridgehead atoms. The third-order valence-electron chi connectivity index (χ3n) is 3.74. The van der Waals surface area contributed by atoms with Gasteiger partial charge in [-0.1, -0.05) is 60.7 Å². The Hall–Kier alpha value is -2.17. The topological polar surface area (TPSA) is 55.8 Å². The molecule has 2 rings (SSSR count). The van der Waals surface area contributed by atoms with Crippen LogP contribution in [0.1, 0.15) is 31.1 Å². The molecule has 4 heteroatoms. The van der Waals surface area contributed by atoms with Gasteiger partial charge in [-0.3, -0.25) is 4.79 Å². The van der Waals surface area contributed by atoms with Crippen molar-refractivity contribution in [3.8, 4) is 0 Å². The zero-order chi connectivity index (χ0) is 16.7. The van der Waals surface area contributed by atoms with E-state index in [1.807, 2.05) is 60.7 Å². The van der Waals surface area contributed by atoms with Gasteiger partial charge in [-0.25, -0.2) is 0 Å². The molecule has 0 heterocycles. The van der Waals surface area contributed by atoms with Crippen LogP contribution in [-0.4, -0.2) is 17.9 Å². The van der Waals surface area contributed by atoms with Gasteiger partial charge in [0, 0.05) is 0 Å². The standard InChI is InChI=1S/C19H22O4/c1-19(2,18(20)21)17(16-11-7-4-8-12-16)23-14-22-13-15-9-5-3-6-10-15/h3-12,17H,13-14H2,1-2H3,(H,20,21). The van der Waals surface area contributed by atoms with E-state index in [0.717, 1.165) is 11.1 Å². The summed E-state index contributed by atoms with van der Waals surface area (Å²) in [5.41, 5.74) is 0.811. The third-order valence-corrected chi connectivity index (χ3v) is 3.74. The number of ether oxygens (including phenoxy) is 2. The fourth-order valence-electron chi connectivity index (χ4n) is 2.31. The summed E-state index contributed by atoms with van der Waals surface area (Å²) in [5.74, 6) is -0.908. The molecule has 0 radical (unpaired) electrons. The molecule has 23 heavy (non-hydrogen) atoms. The maximum Gasteiger partial charge on any atom is 0.312 e. The fourth-order valence-corrected chi connectivity index (χ4v) is 2.31. The van der Waals surface area contributed by atoms with Crippen molar-refractivity contribution >= 4 is 5.97 Å². The number of benzene rings is 2. The zero-order valence-corrected chi connectivity index (χ0v) is 13.4. The van der Waals surface area contributed by atoms with Crippen LogP contribution in [0.15, 0.2) is 60.7 Å². The number of hydrogen-bond donors (Lipinski definition) is 1. The number of carboxylic acids is 1. The highest BCUT2D eigenvalue weighted by molar-refractivity contribution is 5.74. The van der Waals surface area contributed by atoms with Gasteiger partial charge in [-0.15, -0.1) is 0 Å². The summed E-state index contributed by atoms with van der Waals surface area (Å²) in [6.07, 6.45) is -0.586. The summed E-state index contributed by atoms with van der Waals surface area (Å²) in [7, 11) is 0. The number of hydrogen-bond acceptors (Lipinski definition) is 3. The van der Waals surface area contributed by atoms with Crippen LogP contribution in [0, 0.1) is 5.41 Å². The minimum Gasteiger partial charge on any atom is -0.481 e. The van der Waals surface area contributed by atoms with Gasteiger partial charge in [0.05, 0.1) is 12.0 Å². The monoisotopic (exact) mass is 314 g/mol. The van der Waals surface area contributed by atoms with E-state index in [1.165, 1.54) is 0 Å². The lowest BCUT2D eigenvalue weighted by Gasteiger charge is -2.30. The van der Waals surface area contributed by atoms with Crippen LogP contribution in [0.25, 0.3) is 0 Å². The summed E-state index contributed by atoms with van der Waals surface area (Å²) in [6.45, 7) is 3.77. The molecule has 0 aliphatic carbocycles. The Morgan fingerprint density at radius 1 is 1.04 bits per heavy atom. The van der Waals surface area contributed by atoms with Gasteiger partial charge in [0.2, 0.25) is 0 Å². The first-order chi connectivity index (χ1) is 11.0. The lowest BCUT2D eigenvalue weighted by atomic mass is 9.82. The number of rotatable bonds is 8. The normalized spacial score (nSPS) is 12.8. The Balaban J connectivity index is 2.00. The van der Waals surface area contributed by atoms with Gasteiger partial charge in [0.15, 0.2) is 0 Å². The SMILES string of the molecule is CC(C)(C(=O)O)C(OCOCc1ccccc1)c1ccccc1. The molecule has 1 unspecified atom stereocenters. The zero-order valence-electron chi connectivity index (χ0n) is 13.4. The van der Waals surface area contributed by atoms with Crippen LogP contribution in [0.2, 0.25) is 0 Å². The van der Waals surface area contributed by atoms with E-state index in [-0.39, 0.29) is 6.79 Å². The Bertz CT molecular complexity index is 608. The van der Waals surface area contributed by atoms with Gasteiger partial charge in [0.1, 0.15) is 12.9 Å². The fraction of sp³-hybridized carbons (Fsp3) is 0.316. The first-order valence-corrected chi connectivity index (χ1v) is 7.53. The number of aliphatic carboxylic acids is 1. The van der Waals surface area contributed by atoms with Crippen LogP contribution in [0.5, 0.6) is 0 Å². The Morgan fingerprint density at radius 2 is 1.61 bits per heavy atom. The van der Waals surface area contributed by atoms with Crippen LogP contribution in [0.3, 0.4) is 0 Å². The molecular formula is C19H22O4. The predicted molar refractivity (Wildman–Crippen MR) is 87.8 cm³/mol. The molecule has 0 amide bonds. The molecule has 0 saturated heterocycles. The molecule has 1 atom stereocenters. The van der Waals surface area contributed by atoms with Crippen molar-refractivity contribution in [3.63, 3.8) is 0 Å². The summed E-state index contributed by atoms with van der Waals surface area (Å²) in [5, 5.41) is 9.49. The second-order valence-corrected chi connectivity index (χ2v) is 5.94. The van der Waals surface area contributed by atoms with Gasteiger partial charge >= 0.3 is 5.97 Å². The number of carbonyl (C=O) groups is 1. The van der Waals surface area contributed by atoms with Crippen LogP contribution in [-0.2, 0) is 20.9 Å². The quantitative estimate of drug-likeness (QED) is 0.590. The molecule has 122 valence electrons. The van der Waals surface area contributed by atoms with Crippen LogP contribution >= 0.6 is 0 Å². The second kappa shape index (κ2) is 7.90. The van der Waals surface area contributed by atoms with E-state index in [0.29, 0.717) is 6.61 Å². The average molecular weight is 314 g/mol. The van der Waals surface area contributed by atoms with E-state index in [4.69, 9.17) is 9.47 Å². The van der Waals surface area contributed by atoms with Crippen LogP contribution < -0.4 is 0 Å². The molecule has 1 N–H and O–H groups in total. The van der Waals surface area contributed by atoms with Crippen molar-refractivity contribution in [1.82, 2.24) is 0 Å². The smallest absolute Gasteiger partial charge is 0.312 e. The van der Waals surface area contributed by atoms with Crippen molar-refractivity contribution in [3.05, 3.63) is 71.8 Å². The van der Waals surface area contributed by atoms with Crippen LogP contribution in [0.4, 0.5) is 0 Å². The van der Waals surface area contributed by atoms with E-state index in [9.17, 15) is 9.90 Å². The molecule has 0 saturated carbocycles. The van der Waals surface area contributed by atoms with E-state index < -0.39 is 17.5 Å². The maximum atomic E-state index is 11.6. The van der Waals surface area contributed by atoms with Gasteiger partial charge in [-0.2, -0.15) is 0 Å². The Kier molecular flexibility index (Phi) is 5.90.